The molecular weight excluding hydrogens is 272 g/mol. The van der Waals surface area contributed by atoms with Gasteiger partial charge in [-0.25, -0.2) is 4.98 Å². The largest absolute Gasteiger partial charge is 0.354 e. The molecule has 4 nitrogen and oxygen atoms in total. The molecule has 2 heterocycles. The molecule has 0 unspecified atom stereocenters. The molecule has 0 radical (unpaired) electrons. The van der Waals surface area contributed by atoms with Crippen molar-refractivity contribution in [3.8, 4) is 5.69 Å². The van der Waals surface area contributed by atoms with Crippen LogP contribution in [0.4, 0.5) is 5.95 Å². The predicted molar refractivity (Wildman–Crippen MR) is 91.5 cm³/mol. The summed E-state index contributed by atoms with van der Waals surface area (Å²) in [6.07, 6.45) is 8.89. The molecule has 0 aliphatic rings. The molecule has 1 N–H and O–H groups in total. The Morgan fingerprint density at radius 3 is 2.73 bits per heavy atom. The zero-order valence-electron chi connectivity index (χ0n) is 13.0. The fraction of sp³-hybridized carbons (Fsp3) is 0.333. The third-order valence-electron chi connectivity index (χ3n) is 3.78. The second-order valence-electron chi connectivity index (χ2n) is 5.48. The summed E-state index contributed by atoms with van der Waals surface area (Å²) in [5, 5.41) is 4.38. The molecule has 0 saturated carbocycles. The zero-order chi connectivity index (χ0) is 15.2. The van der Waals surface area contributed by atoms with Crippen molar-refractivity contribution in [3.05, 3.63) is 48.8 Å². The number of aromatic nitrogens is 3. The molecule has 114 valence electrons. The highest BCUT2D eigenvalue weighted by atomic mass is 15.1. The summed E-state index contributed by atoms with van der Waals surface area (Å²) >= 11 is 0. The van der Waals surface area contributed by atoms with Crippen molar-refractivity contribution in [2.24, 2.45) is 0 Å². The first-order chi connectivity index (χ1) is 10.9. The lowest BCUT2D eigenvalue weighted by atomic mass is 10.2. The second kappa shape index (κ2) is 7.07. The Bertz CT molecular complexity index is 718. The topological polar surface area (TPSA) is 42.7 Å². The first kappa shape index (κ1) is 14.6. The van der Waals surface area contributed by atoms with Gasteiger partial charge in [0.1, 0.15) is 5.65 Å². The van der Waals surface area contributed by atoms with Crippen LogP contribution < -0.4 is 5.32 Å². The molecule has 0 amide bonds. The molecule has 0 aliphatic heterocycles. The number of hydrogen-bond acceptors (Lipinski definition) is 3. The molecule has 4 heteroatoms. The summed E-state index contributed by atoms with van der Waals surface area (Å²) in [6, 6.07) is 12.3. The molecule has 3 aromatic rings. The normalized spacial score (nSPS) is 11.0. The molecule has 1 aromatic carbocycles. The van der Waals surface area contributed by atoms with Gasteiger partial charge in [0.05, 0.1) is 0 Å². The van der Waals surface area contributed by atoms with Crippen LogP contribution >= 0.6 is 0 Å². The molecule has 0 fully saturated rings. The highest BCUT2D eigenvalue weighted by Crippen LogP contribution is 2.19. The standard InChI is InChI=1S/C18H22N4/c1-2-3-4-8-12-19-18-20-14-15-11-13-22(17(15)21-18)16-9-6-5-7-10-16/h5-7,9-11,13-14H,2-4,8,12H2,1H3,(H,19,20,21). The molecule has 3 rings (SSSR count). The average molecular weight is 294 g/mol. The van der Waals surface area contributed by atoms with Gasteiger partial charge < -0.3 is 9.88 Å². The van der Waals surface area contributed by atoms with E-state index < -0.39 is 0 Å². The minimum Gasteiger partial charge on any atom is -0.354 e. The van der Waals surface area contributed by atoms with E-state index in [9.17, 15) is 0 Å². The minimum atomic E-state index is 0.708. The number of unbranched alkanes of at least 4 members (excludes halogenated alkanes) is 3. The van der Waals surface area contributed by atoms with E-state index in [0.717, 1.165) is 29.7 Å². The Morgan fingerprint density at radius 1 is 1.05 bits per heavy atom. The van der Waals surface area contributed by atoms with Gasteiger partial charge in [0.25, 0.3) is 0 Å². The molecule has 0 spiro atoms. The van der Waals surface area contributed by atoms with E-state index in [4.69, 9.17) is 0 Å². The highest BCUT2D eigenvalue weighted by Gasteiger charge is 2.06. The van der Waals surface area contributed by atoms with Crippen molar-refractivity contribution in [3.63, 3.8) is 0 Å². The van der Waals surface area contributed by atoms with Gasteiger partial charge in [-0.05, 0) is 24.6 Å². The molecule has 0 bridgehead atoms. The molecule has 0 atom stereocenters. The highest BCUT2D eigenvalue weighted by molar-refractivity contribution is 5.78. The smallest absolute Gasteiger partial charge is 0.224 e. The van der Waals surface area contributed by atoms with Crippen molar-refractivity contribution in [2.75, 3.05) is 11.9 Å². The monoisotopic (exact) mass is 294 g/mol. The van der Waals surface area contributed by atoms with Gasteiger partial charge in [0.2, 0.25) is 5.95 Å². The zero-order valence-corrected chi connectivity index (χ0v) is 13.0. The quantitative estimate of drug-likeness (QED) is 0.656. The summed E-state index contributed by atoms with van der Waals surface area (Å²) in [5.41, 5.74) is 2.06. The van der Waals surface area contributed by atoms with Gasteiger partial charge in [-0.3, -0.25) is 0 Å². The van der Waals surface area contributed by atoms with Crippen LogP contribution in [-0.2, 0) is 0 Å². The molecule has 0 saturated heterocycles. The molecule has 0 aliphatic carbocycles. The maximum atomic E-state index is 4.67. The van der Waals surface area contributed by atoms with Crippen LogP contribution in [0.5, 0.6) is 0 Å². The maximum absolute atomic E-state index is 4.67. The van der Waals surface area contributed by atoms with E-state index >= 15 is 0 Å². The summed E-state index contributed by atoms with van der Waals surface area (Å²) in [5.74, 6) is 0.708. The Kier molecular flexibility index (Phi) is 4.68. The number of para-hydroxylation sites is 1. The van der Waals surface area contributed by atoms with E-state index in [1.165, 1.54) is 19.3 Å². The van der Waals surface area contributed by atoms with Crippen LogP contribution in [0.1, 0.15) is 32.6 Å². The van der Waals surface area contributed by atoms with Crippen LogP contribution in [-0.4, -0.2) is 21.1 Å². The van der Waals surface area contributed by atoms with Crippen molar-refractivity contribution in [1.29, 1.82) is 0 Å². The van der Waals surface area contributed by atoms with E-state index in [2.05, 4.69) is 38.9 Å². The van der Waals surface area contributed by atoms with E-state index in [-0.39, 0.29) is 0 Å². The lowest BCUT2D eigenvalue weighted by Gasteiger charge is -2.07. The Hall–Kier alpha value is -2.36. The second-order valence-corrected chi connectivity index (χ2v) is 5.48. The number of nitrogens with zero attached hydrogens (tertiary/aromatic N) is 3. The Balaban J connectivity index is 1.77. The van der Waals surface area contributed by atoms with E-state index in [1.807, 2.05) is 36.7 Å². The van der Waals surface area contributed by atoms with Gasteiger partial charge in [-0.2, -0.15) is 4.98 Å². The Morgan fingerprint density at radius 2 is 1.91 bits per heavy atom. The molecular formula is C18H22N4. The number of fused-ring (bicyclic) bond motifs is 1. The fourth-order valence-corrected chi connectivity index (χ4v) is 2.55. The Labute approximate surface area is 131 Å². The van der Waals surface area contributed by atoms with Gasteiger partial charge in [-0.15, -0.1) is 0 Å². The van der Waals surface area contributed by atoms with Crippen molar-refractivity contribution < 1.29 is 0 Å². The average Bonchev–Trinajstić information content (AvgIpc) is 2.99. The van der Waals surface area contributed by atoms with Crippen LogP contribution in [0.25, 0.3) is 16.7 Å². The number of anilines is 1. The summed E-state index contributed by atoms with van der Waals surface area (Å²) < 4.78 is 2.10. The lowest BCUT2D eigenvalue weighted by molar-refractivity contribution is 0.683. The maximum Gasteiger partial charge on any atom is 0.224 e. The summed E-state index contributed by atoms with van der Waals surface area (Å²) in [4.78, 5) is 9.07. The number of rotatable bonds is 7. The predicted octanol–water partition coefficient (Wildman–Crippen LogP) is 4.41. The molecule has 2 aromatic heterocycles. The molecule has 22 heavy (non-hydrogen) atoms. The lowest BCUT2D eigenvalue weighted by Crippen LogP contribution is -2.06. The minimum absolute atomic E-state index is 0.708. The van der Waals surface area contributed by atoms with Crippen LogP contribution in [0.2, 0.25) is 0 Å². The van der Waals surface area contributed by atoms with Crippen LogP contribution in [0, 0.1) is 0 Å². The van der Waals surface area contributed by atoms with Gasteiger partial charge in [0.15, 0.2) is 0 Å². The van der Waals surface area contributed by atoms with E-state index in [0.29, 0.717) is 5.95 Å². The number of hydrogen-bond donors (Lipinski definition) is 1. The van der Waals surface area contributed by atoms with Gasteiger partial charge in [-0.1, -0.05) is 44.4 Å². The van der Waals surface area contributed by atoms with Gasteiger partial charge >= 0.3 is 0 Å². The van der Waals surface area contributed by atoms with Crippen LogP contribution in [0.3, 0.4) is 0 Å². The van der Waals surface area contributed by atoms with Crippen LogP contribution in [0.15, 0.2) is 48.8 Å². The first-order valence-corrected chi connectivity index (χ1v) is 8.02. The third kappa shape index (κ3) is 3.27. The fourth-order valence-electron chi connectivity index (χ4n) is 2.55. The van der Waals surface area contributed by atoms with Gasteiger partial charge in [0, 0.05) is 30.0 Å². The third-order valence-corrected chi connectivity index (χ3v) is 3.78. The number of benzene rings is 1. The number of nitrogens with one attached hydrogen (secondary N) is 1. The van der Waals surface area contributed by atoms with Crippen molar-refractivity contribution >= 4 is 17.0 Å². The first-order valence-electron chi connectivity index (χ1n) is 8.02. The summed E-state index contributed by atoms with van der Waals surface area (Å²) in [7, 11) is 0. The summed E-state index contributed by atoms with van der Waals surface area (Å²) in [6.45, 7) is 3.15. The SMILES string of the molecule is CCCCCCNc1ncc2ccn(-c3ccccc3)c2n1. The van der Waals surface area contributed by atoms with E-state index in [1.54, 1.807) is 0 Å². The van der Waals surface area contributed by atoms with Crippen molar-refractivity contribution in [2.45, 2.75) is 32.6 Å². The van der Waals surface area contributed by atoms with Crippen molar-refractivity contribution in [1.82, 2.24) is 14.5 Å².